The van der Waals surface area contributed by atoms with E-state index >= 15 is 0 Å². The van der Waals surface area contributed by atoms with E-state index in [0.717, 1.165) is 10.9 Å². The van der Waals surface area contributed by atoms with Crippen LogP contribution in [0.25, 0.3) is 10.8 Å². The Kier molecular flexibility index (Phi) is 4.78. The molecule has 0 aliphatic carbocycles. The minimum absolute atomic E-state index is 0.0717. The molecule has 0 unspecified atom stereocenters. The van der Waals surface area contributed by atoms with E-state index in [1.807, 2.05) is 24.3 Å². The molecule has 156 valence electrons. The fourth-order valence-electron chi connectivity index (χ4n) is 4.00. The molecule has 7 nitrogen and oxygen atoms in total. The van der Waals surface area contributed by atoms with Crippen molar-refractivity contribution in [3.63, 3.8) is 0 Å². The predicted molar refractivity (Wildman–Crippen MR) is 111 cm³/mol. The van der Waals surface area contributed by atoms with Crippen LogP contribution in [-0.4, -0.2) is 36.0 Å². The summed E-state index contributed by atoms with van der Waals surface area (Å²) in [7, 11) is 0. The van der Waals surface area contributed by atoms with Gasteiger partial charge >= 0.3 is 5.97 Å². The molecule has 2 heterocycles. The zero-order valence-corrected chi connectivity index (χ0v) is 16.6. The number of para-hydroxylation sites is 1. The summed E-state index contributed by atoms with van der Waals surface area (Å²) in [5.41, 5.74) is 1.75. The highest BCUT2D eigenvalue weighted by Crippen LogP contribution is 2.35. The Labute approximate surface area is 178 Å². The number of imide groups is 1. The molecule has 0 aromatic heterocycles. The highest BCUT2D eigenvalue weighted by atomic mass is 16.7. The Hall–Kier alpha value is -3.87. The molecule has 0 N–H and O–H groups in total. The number of esters is 1. The van der Waals surface area contributed by atoms with Gasteiger partial charge in [0.1, 0.15) is 6.61 Å². The number of ether oxygens (including phenoxy) is 3. The molecular formula is C24H19NO6. The Morgan fingerprint density at radius 2 is 1.65 bits per heavy atom. The van der Waals surface area contributed by atoms with Crippen molar-refractivity contribution in [2.45, 2.75) is 19.4 Å². The van der Waals surface area contributed by atoms with E-state index in [4.69, 9.17) is 14.2 Å². The van der Waals surface area contributed by atoms with Crippen molar-refractivity contribution >= 4 is 28.6 Å². The summed E-state index contributed by atoms with van der Waals surface area (Å²) in [5, 5.41) is 1.55. The van der Waals surface area contributed by atoms with Crippen molar-refractivity contribution in [3.05, 3.63) is 71.3 Å². The van der Waals surface area contributed by atoms with Gasteiger partial charge in [-0.2, -0.15) is 0 Å². The third-order valence-corrected chi connectivity index (χ3v) is 5.49. The standard InChI is InChI=1S/C24H19NO6/c26-20(29-13-16-7-3-10-19-22(16)31-14-30-19)11-4-12-25-23(27)17-8-1-5-15-6-2-9-18(21(15)17)24(25)28/h1-3,5-10H,4,11-14H2. The summed E-state index contributed by atoms with van der Waals surface area (Å²) >= 11 is 0. The Balaban J connectivity index is 1.20. The van der Waals surface area contributed by atoms with Gasteiger partial charge in [0.05, 0.1) is 0 Å². The molecule has 0 atom stereocenters. The van der Waals surface area contributed by atoms with Gasteiger partial charge < -0.3 is 14.2 Å². The van der Waals surface area contributed by atoms with Gasteiger partial charge in [0.25, 0.3) is 11.8 Å². The third kappa shape index (κ3) is 3.38. The number of rotatable bonds is 6. The second-order valence-corrected chi connectivity index (χ2v) is 7.39. The van der Waals surface area contributed by atoms with Crippen LogP contribution in [-0.2, 0) is 16.1 Å². The van der Waals surface area contributed by atoms with Crippen LogP contribution in [0.15, 0.2) is 54.6 Å². The van der Waals surface area contributed by atoms with Gasteiger partial charge in [-0.3, -0.25) is 19.3 Å². The molecule has 3 aromatic rings. The molecule has 0 radical (unpaired) electrons. The second-order valence-electron chi connectivity index (χ2n) is 7.39. The number of benzene rings is 3. The van der Waals surface area contributed by atoms with Crippen LogP contribution in [0.2, 0.25) is 0 Å². The van der Waals surface area contributed by atoms with Crippen LogP contribution in [0.5, 0.6) is 11.5 Å². The summed E-state index contributed by atoms with van der Waals surface area (Å²) in [6, 6.07) is 16.2. The van der Waals surface area contributed by atoms with E-state index < -0.39 is 5.97 Å². The summed E-state index contributed by atoms with van der Waals surface area (Å²) in [4.78, 5) is 39.1. The van der Waals surface area contributed by atoms with Gasteiger partial charge in [-0.25, -0.2) is 0 Å². The summed E-state index contributed by atoms with van der Waals surface area (Å²) < 4.78 is 16.1. The average Bonchev–Trinajstić information content (AvgIpc) is 3.27. The molecule has 5 rings (SSSR count). The number of amides is 2. The fraction of sp³-hybridized carbons (Fsp3) is 0.208. The van der Waals surface area contributed by atoms with Crippen LogP contribution in [0.1, 0.15) is 39.1 Å². The molecule has 0 spiro atoms. The normalized spacial score (nSPS) is 14.3. The molecule has 0 bridgehead atoms. The maximum Gasteiger partial charge on any atom is 0.306 e. The Morgan fingerprint density at radius 1 is 0.935 bits per heavy atom. The number of hydrogen-bond donors (Lipinski definition) is 0. The molecule has 2 amide bonds. The first-order valence-corrected chi connectivity index (χ1v) is 10.0. The lowest BCUT2D eigenvalue weighted by atomic mass is 9.94. The highest BCUT2D eigenvalue weighted by molar-refractivity contribution is 6.25. The minimum Gasteiger partial charge on any atom is -0.461 e. The van der Waals surface area contributed by atoms with Crippen molar-refractivity contribution in [1.82, 2.24) is 4.90 Å². The molecule has 31 heavy (non-hydrogen) atoms. The van der Waals surface area contributed by atoms with Crippen LogP contribution in [0.3, 0.4) is 0 Å². The Bertz CT molecular complexity index is 1170. The van der Waals surface area contributed by atoms with Crippen molar-refractivity contribution in [2.75, 3.05) is 13.3 Å². The highest BCUT2D eigenvalue weighted by Gasteiger charge is 2.32. The van der Waals surface area contributed by atoms with Crippen LogP contribution >= 0.6 is 0 Å². The maximum absolute atomic E-state index is 12.9. The zero-order valence-electron chi connectivity index (χ0n) is 16.6. The Morgan fingerprint density at radius 3 is 2.39 bits per heavy atom. The predicted octanol–water partition coefficient (Wildman–Crippen LogP) is 3.69. The van der Waals surface area contributed by atoms with Crippen molar-refractivity contribution in [1.29, 1.82) is 0 Å². The van der Waals surface area contributed by atoms with Gasteiger partial charge in [0.2, 0.25) is 6.79 Å². The van der Waals surface area contributed by atoms with Crippen molar-refractivity contribution in [3.8, 4) is 11.5 Å². The monoisotopic (exact) mass is 417 g/mol. The van der Waals surface area contributed by atoms with E-state index in [0.29, 0.717) is 34.4 Å². The van der Waals surface area contributed by atoms with E-state index in [-0.39, 0.29) is 38.2 Å². The lowest BCUT2D eigenvalue weighted by molar-refractivity contribution is -0.145. The van der Waals surface area contributed by atoms with E-state index in [2.05, 4.69) is 0 Å². The number of fused-ring (bicyclic) bond motifs is 1. The smallest absolute Gasteiger partial charge is 0.306 e. The largest absolute Gasteiger partial charge is 0.461 e. The van der Waals surface area contributed by atoms with E-state index in [1.165, 1.54) is 4.90 Å². The molecule has 0 saturated carbocycles. The van der Waals surface area contributed by atoms with Gasteiger partial charge in [-0.15, -0.1) is 0 Å². The van der Waals surface area contributed by atoms with Crippen LogP contribution < -0.4 is 9.47 Å². The number of nitrogens with zero attached hydrogens (tertiary/aromatic N) is 1. The minimum atomic E-state index is -0.407. The third-order valence-electron chi connectivity index (χ3n) is 5.49. The topological polar surface area (TPSA) is 82.1 Å². The van der Waals surface area contributed by atoms with Crippen LogP contribution in [0.4, 0.5) is 0 Å². The lowest BCUT2D eigenvalue weighted by Gasteiger charge is -2.27. The quantitative estimate of drug-likeness (QED) is 0.449. The second kappa shape index (κ2) is 7.75. The van der Waals surface area contributed by atoms with Gasteiger partial charge in [0.15, 0.2) is 11.5 Å². The SMILES string of the molecule is O=C(CCCN1C(=O)c2cccc3cccc(c23)C1=O)OCc1cccc2c1OCO2. The van der Waals surface area contributed by atoms with Gasteiger partial charge in [0, 0.05) is 35.0 Å². The van der Waals surface area contributed by atoms with E-state index in [9.17, 15) is 14.4 Å². The molecule has 2 aliphatic heterocycles. The first kappa shape index (κ1) is 19.1. The molecule has 0 saturated heterocycles. The average molecular weight is 417 g/mol. The summed E-state index contributed by atoms with van der Waals surface area (Å²) in [6.07, 6.45) is 0.413. The lowest BCUT2D eigenvalue weighted by Crippen LogP contribution is -2.41. The van der Waals surface area contributed by atoms with Crippen molar-refractivity contribution < 1.29 is 28.6 Å². The van der Waals surface area contributed by atoms with Gasteiger partial charge in [-0.1, -0.05) is 36.4 Å². The first-order chi connectivity index (χ1) is 15.1. The number of carbonyl (C=O) groups excluding carboxylic acids is 3. The summed E-state index contributed by atoms with van der Waals surface area (Å²) in [5.74, 6) is 0.147. The number of carbonyl (C=O) groups is 3. The van der Waals surface area contributed by atoms with Crippen molar-refractivity contribution in [2.24, 2.45) is 0 Å². The molecular weight excluding hydrogens is 398 g/mol. The summed E-state index contributed by atoms with van der Waals surface area (Å²) in [6.45, 7) is 0.368. The molecule has 7 heteroatoms. The molecule has 2 aliphatic rings. The van der Waals surface area contributed by atoms with Gasteiger partial charge in [-0.05, 0) is 30.0 Å². The fourth-order valence-corrected chi connectivity index (χ4v) is 4.00. The maximum atomic E-state index is 12.9. The number of hydrogen-bond acceptors (Lipinski definition) is 6. The molecule has 0 fully saturated rings. The first-order valence-electron chi connectivity index (χ1n) is 10.0. The zero-order chi connectivity index (χ0) is 21.4. The molecule has 3 aromatic carbocycles. The van der Waals surface area contributed by atoms with Crippen LogP contribution in [0, 0.1) is 0 Å². The van der Waals surface area contributed by atoms with E-state index in [1.54, 1.807) is 30.3 Å².